The van der Waals surface area contributed by atoms with E-state index in [0.717, 1.165) is 49.8 Å². The van der Waals surface area contributed by atoms with Gasteiger partial charge in [-0.25, -0.2) is 0 Å². The molecule has 1 saturated heterocycles. The van der Waals surface area contributed by atoms with Crippen molar-refractivity contribution in [2.75, 3.05) is 37.6 Å². The van der Waals surface area contributed by atoms with Gasteiger partial charge in [0.1, 0.15) is 0 Å². The van der Waals surface area contributed by atoms with Gasteiger partial charge in [-0.05, 0) is 31.5 Å². The maximum Gasteiger partial charge on any atom is 0.282 e. The van der Waals surface area contributed by atoms with E-state index in [4.69, 9.17) is 0 Å². The van der Waals surface area contributed by atoms with Crippen molar-refractivity contribution in [3.05, 3.63) is 41.0 Å². The molecule has 1 aliphatic heterocycles. The molecular weight excluding hydrogens is 372 g/mol. The van der Waals surface area contributed by atoms with Gasteiger partial charge in [0.25, 0.3) is 5.91 Å². The number of carbonyl (C=O) groups excluding carboxylic acids is 1. The number of H-pyrrole nitrogens is 1. The molecule has 1 aliphatic rings. The van der Waals surface area contributed by atoms with Crippen molar-refractivity contribution in [3.63, 3.8) is 0 Å². The van der Waals surface area contributed by atoms with E-state index in [1.165, 1.54) is 22.3 Å². The summed E-state index contributed by atoms with van der Waals surface area (Å²) in [4.78, 5) is 20.5. The first-order chi connectivity index (χ1) is 13.6. The topological polar surface area (TPSA) is 77.2 Å². The lowest BCUT2D eigenvalue weighted by Gasteiger charge is -2.33. The predicted molar refractivity (Wildman–Crippen MR) is 113 cm³/mol. The molecule has 4 rings (SSSR count). The standard InChI is InChI=1S/C20H26N6OS/c1-3-25-8-10-26(11-9-25)20-24-23-19(28-20)18(27)22-14(2)12-15-13-21-17-7-5-4-6-16(15)17/h4-7,13-14,21H,3,8-12H2,1-2H3,(H,22,27). The largest absolute Gasteiger partial charge is 0.361 e. The Morgan fingerprint density at radius 3 is 2.82 bits per heavy atom. The second-order valence-electron chi connectivity index (χ2n) is 7.25. The molecule has 2 aromatic heterocycles. The van der Waals surface area contributed by atoms with Crippen LogP contribution >= 0.6 is 11.3 Å². The zero-order valence-corrected chi connectivity index (χ0v) is 17.1. The highest BCUT2D eigenvalue weighted by atomic mass is 32.1. The van der Waals surface area contributed by atoms with Gasteiger partial charge in [-0.3, -0.25) is 4.79 Å². The molecule has 0 bridgehead atoms. The van der Waals surface area contributed by atoms with Crippen LogP contribution in [0.5, 0.6) is 0 Å². The number of carbonyl (C=O) groups is 1. The van der Waals surface area contributed by atoms with Gasteiger partial charge >= 0.3 is 0 Å². The molecule has 3 heterocycles. The average Bonchev–Trinajstić information content (AvgIpc) is 3.36. The van der Waals surface area contributed by atoms with Crippen LogP contribution in [0.2, 0.25) is 0 Å². The minimum atomic E-state index is -0.150. The van der Waals surface area contributed by atoms with Gasteiger partial charge in [0, 0.05) is 49.3 Å². The molecule has 7 nitrogen and oxygen atoms in total. The van der Waals surface area contributed by atoms with Crippen LogP contribution in [0.3, 0.4) is 0 Å². The number of para-hydroxylation sites is 1. The summed E-state index contributed by atoms with van der Waals surface area (Å²) in [5, 5.41) is 13.9. The third-order valence-electron chi connectivity index (χ3n) is 5.28. The number of aromatic nitrogens is 3. The van der Waals surface area contributed by atoms with Gasteiger partial charge in [-0.2, -0.15) is 0 Å². The number of rotatable bonds is 6. The number of hydrogen-bond acceptors (Lipinski definition) is 6. The Kier molecular flexibility index (Phi) is 5.59. The lowest BCUT2D eigenvalue weighted by atomic mass is 10.1. The van der Waals surface area contributed by atoms with Gasteiger partial charge in [-0.15, -0.1) is 10.2 Å². The third kappa shape index (κ3) is 4.02. The molecule has 148 valence electrons. The van der Waals surface area contributed by atoms with E-state index in [0.29, 0.717) is 5.01 Å². The summed E-state index contributed by atoms with van der Waals surface area (Å²) in [5.41, 5.74) is 2.32. The zero-order valence-electron chi connectivity index (χ0n) is 16.3. The van der Waals surface area contributed by atoms with Crippen molar-refractivity contribution in [2.24, 2.45) is 0 Å². The molecular formula is C20H26N6OS. The number of nitrogens with zero attached hydrogens (tertiary/aromatic N) is 4. The highest BCUT2D eigenvalue weighted by Gasteiger charge is 2.22. The molecule has 0 spiro atoms. The van der Waals surface area contributed by atoms with Crippen molar-refractivity contribution >= 4 is 33.3 Å². The zero-order chi connectivity index (χ0) is 19.5. The number of amides is 1. The molecule has 2 N–H and O–H groups in total. The first-order valence-corrected chi connectivity index (χ1v) is 10.6. The van der Waals surface area contributed by atoms with Gasteiger partial charge in [-0.1, -0.05) is 36.5 Å². The Balaban J connectivity index is 1.35. The van der Waals surface area contributed by atoms with Crippen LogP contribution in [0.15, 0.2) is 30.5 Å². The monoisotopic (exact) mass is 398 g/mol. The Morgan fingerprint density at radius 2 is 2.04 bits per heavy atom. The number of aromatic amines is 1. The minimum Gasteiger partial charge on any atom is -0.361 e. The molecule has 1 unspecified atom stereocenters. The van der Waals surface area contributed by atoms with Crippen LogP contribution in [0.25, 0.3) is 10.9 Å². The van der Waals surface area contributed by atoms with Crippen LogP contribution in [-0.4, -0.2) is 64.8 Å². The van der Waals surface area contributed by atoms with E-state index < -0.39 is 0 Å². The Hall–Kier alpha value is -2.45. The highest BCUT2D eigenvalue weighted by Crippen LogP contribution is 2.22. The molecule has 0 saturated carbocycles. The van der Waals surface area contributed by atoms with E-state index in [1.807, 2.05) is 25.3 Å². The van der Waals surface area contributed by atoms with E-state index in [1.54, 1.807) is 0 Å². The molecule has 1 fully saturated rings. The fourth-order valence-corrected chi connectivity index (χ4v) is 4.46. The van der Waals surface area contributed by atoms with E-state index in [9.17, 15) is 4.79 Å². The summed E-state index contributed by atoms with van der Waals surface area (Å²) in [7, 11) is 0. The summed E-state index contributed by atoms with van der Waals surface area (Å²) < 4.78 is 0. The number of benzene rings is 1. The smallest absolute Gasteiger partial charge is 0.282 e. The number of nitrogens with one attached hydrogen (secondary N) is 2. The van der Waals surface area contributed by atoms with Crippen LogP contribution in [0, 0.1) is 0 Å². The number of piperazine rings is 1. The van der Waals surface area contributed by atoms with Gasteiger partial charge in [0.05, 0.1) is 0 Å². The number of hydrogen-bond donors (Lipinski definition) is 2. The Bertz CT molecular complexity index is 943. The third-order valence-corrected chi connectivity index (χ3v) is 6.26. The lowest BCUT2D eigenvalue weighted by Crippen LogP contribution is -2.46. The molecule has 3 aromatic rings. The van der Waals surface area contributed by atoms with E-state index >= 15 is 0 Å². The summed E-state index contributed by atoms with van der Waals surface area (Å²) in [6, 6.07) is 8.22. The summed E-state index contributed by atoms with van der Waals surface area (Å²) in [5.74, 6) is -0.150. The first kappa shape index (κ1) is 18.9. The predicted octanol–water partition coefficient (Wildman–Crippen LogP) is 2.52. The molecule has 1 amide bonds. The Labute approximate surface area is 168 Å². The van der Waals surface area contributed by atoms with Gasteiger partial charge in [0.2, 0.25) is 10.1 Å². The van der Waals surface area contributed by atoms with Crippen molar-refractivity contribution in [3.8, 4) is 0 Å². The normalized spacial score (nSPS) is 16.4. The van der Waals surface area contributed by atoms with Crippen molar-refractivity contribution < 1.29 is 4.79 Å². The fraction of sp³-hybridized carbons (Fsp3) is 0.450. The van der Waals surface area contributed by atoms with Crippen LogP contribution in [-0.2, 0) is 6.42 Å². The Morgan fingerprint density at radius 1 is 1.25 bits per heavy atom. The molecule has 0 radical (unpaired) electrons. The highest BCUT2D eigenvalue weighted by molar-refractivity contribution is 7.17. The maximum atomic E-state index is 12.6. The number of likely N-dealkylation sites (N-methyl/N-ethyl adjacent to an activating group) is 1. The second-order valence-corrected chi connectivity index (χ2v) is 8.21. The number of fused-ring (bicyclic) bond motifs is 1. The summed E-state index contributed by atoms with van der Waals surface area (Å²) >= 11 is 1.38. The van der Waals surface area contributed by atoms with Crippen molar-refractivity contribution in [1.29, 1.82) is 0 Å². The molecule has 1 aromatic carbocycles. The SMILES string of the molecule is CCN1CCN(c2nnc(C(=O)NC(C)Cc3c[nH]c4ccccc34)s2)CC1. The van der Waals surface area contributed by atoms with Gasteiger partial charge in [0.15, 0.2) is 0 Å². The maximum absolute atomic E-state index is 12.6. The quantitative estimate of drug-likeness (QED) is 0.667. The van der Waals surface area contributed by atoms with Crippen LogP contribution in [0.1, 0.15) is 29.2 Å². The minimum absolute atomic E-state index is 0.00663. The number of anilines is 1. The summed E-state index contributed by atoms with van der Waals surface area (Å²) in [6.45, 7) is 9.19. The molecule has 8 heteroatoms. The van der Waals surface area contributed by atoms with Gasteiger partial charge < -0.3 is 20.1 Å². The lowest BCUT2D eigenvalue weighted by molar-refractivity contribution is 0.0939. The van der Waals surface area contributed by atoms with Crippen LogP contribution in [0.4, 0.5) is 5.13 Å². The summed E-state index contributed by atoms with van der Waals surface area (Å²) in [6.07, 6.45) is 2.78. The van der Waals surface area contributed by atoms with E-state index in [-0.39, 0.29) is 11.9 Å². The molecule has 1 atom stereocenters. The molecule has 28 heavy (non-hydrogen) atoms. The van der Waals surface area contributed by atoms with Crippen LogP contribution < -0.4 is 10.2 Å². The first-order valence-electron chi connectivity index (χ1n) is 9.80. The van der Waals surface area contributed by atoms with Crippen molar-refractivity contribution in [1.82, 2.24) is 25.4 Å². The van der Waals surface area contributed by atoms with Crippen molar-refractivity contribution in [2.45, 2.75) is 26.3 Å². The second kappa shape index (κ2) is 8.28. The average molecular weight is 399 g/mol. The van der Waals surface area contributed by atoms with E-state index in [2.05, 4.69) is 49.4 Å². The molecule has 0 aliphatic carbocycles. The fourth-order valence-electron chi connectivity index (χ4n) is 3.66.